The van der Waals surface area contributed by atoms with Crippen molar-refractivity contribution in [3.05, 3.63) is 12.7 Å². The van der Waals surface area contributed by atoms with Crippen molar-refractivity contribution >= 4 is 5.97 Å². The Morgan fingerprint density at radius 2 is 1.75 bits per heavy atom. The summed E-state index contributed by atoms with van der Waals surface area (Å²) in [6, 6.07) is 0. The molecule has 0 radical (unpaired) electrons. The van der Waals surface area contributed by atoms with Gasteiger partial charge in [0.15, 0.2) is 0 Å². The van der Waals surface area contributed by atoms with Crippen molar-refractivity contribution in [3.63, 3.8) is 0 Å². The molecule has 0 aliphatic carbocycles. The van der Waals surface area contributed by atoms with Crippen LogP contribution in [0.5, 0.6) is 0 Å². The minimum absolute atomic E-state index is 0. The number of carbonyl (C=O) groups excluding carboxylic acids is 1. The highest BCUT2D eigenvalue weighted by Gasteiger charge is 2.19. The third-order valence-electron chi connectivity index (χ3n) is 3.20. The monoisotopic (exact) mass is 293 g/mol. The van der Waals surface area contributed by atoms with Crippen molar-refractivity contribution in [2.75, 3.05) is 32.8 Å². The van der Waals surface area contributed by atoms with E-state index in [-0.39, 0.29) is 23.0 Å². The average Bonchev–Trinajstić information content (AvgIpc) is 2.30. The first kappa shape index (κ1) is 18.0. The standard InChI is InChI=1S/C12H24NO2.BrH/c1-5-12(14)15-11-9-10-13(6-2,7-3)8-4;/h5H,1,6-11H2,2-4H3;1H/q+1;/p-1. The molecule has 96 valence electrons. The summed E-state index contributed by atoms with van der Waals surface area (Å²) in [4.78, 5) is 10.8. The molecule has 0 aliphatic heterocycles. The van der Waals surface area contributed by atoms with Crippen LogP contribution in [0.4, 0.5) is 0 Å². The quantitative estimate of drug-likeness (QED) is 0.248. The normalized spacial score (nSPS) is 10.4. The number of quaternary nitrogens is 1. The zero-order chi connectivity index (χ0) is 11.7. The van der Waals surface area contributed by atoms with Crippen molar-refractivity contribution in [2.45, 2.75) is 27.2 Å². The van der Waals surface area contributed by atoms with Crippen LogP contribution in [0.1, 0.15) is 27.2 Å². The molecule has 0 unspecified atom stereocenters. The van der Waals surface area contributed by atoms with Crippen LogP contribution in [0, 0.1) is 0 Å². The summed E-state index contributed by atoms with van der Waals surface area (Å²) in [6.45, 7) is 15.0. The second-order valence-corrected chi connectivity index (χ2v) is 3.74. The lowest BCUT2D eigenvalue weighted by atomic mass is 10.3. The van der Waals surface area contributed by atoms with Crippen LogP contribution in [0.15, 0.2) is 12.7 Å². The molecule has 0 saturated carbocycles. The van der Waals surface area contributed by atoms with Gasteiger partial charge in [-0.05, 0) is 20.8 Å². The van der Waals surface area contributed by atoms with Gasteiger partial charge in [-0.2, -0.15) is 0 Å². The van der Waals surface area contributed by atoms with Crippen molar-refractivity contribution in [1.82, 2.24) is 0 Å². The fourth-order valence-corrected chi connectivity index (χ4v) is 1.78. The Morgan fingerprint density at radius 1 is 1.25 bits per heavy atom. The van der Waals surface area contributed by atoms with E-state index in [0.29, 0.717) is 6.61 Å². The minimum Gasteiger partial charge on any atom is -1.00 e. The van der Waals surface area contributed by atoms with E-state index < -0.39 is 0 Å². The second-order valence-electron chi connectivity index (χ2n) is 3.74. The van der Waals surface area contributed by atoms with Crippen LogP contribution < -0.4 is 17.0 Å². The molecule has 0 rings (SSSR count). The number of hydrogen-bond acceptors (Lipinski definition) is 2. The van der Waals surface area contributed by atoms with E-state index >= 15 is 0 Å². The molecule has 0 aliphatic rings. The Balaban J connectivity index is 0. The van der Waals surface area contributed by atoms with Gasteiger partial charge >= 0.3 is 5.97 Å². The molecule has 0 aromatic rings. The van der Waals surface area contributed by atoms with E-state index in [1.165, 1.54) is 6.08 Å². The van der Waals surface area contributed by atoms with Crippen LogP contribution in [0.2, 0.25) is 0 Å². The van der Waals surface area contributed by atoms with Crippen LogP contribution in [-0.2, 0) is 9.53 Å². The van der Waals surface area contributed by atoms with Crippen LogP contribution in [0.3, 0.4) is 0 Å². The van der Waals surface area contributed by atoms with Gasteiger partial charge in [0, 0.05) is 12.5 Å². The largest absolute Gasteiger partial charge is 1.00 e. The molecule has 0 fully saturated rings. The second kappa shape index (κ2) is 9.85. The highest BCUT2D eigenvalue weighted by Crippen LogP contribution is 2.07. The lowest BCUT2D eigenvalue weighted by Crippen LogP contribution is -3.00. The maximum Gasteiger partial charge on any atom is 0.330 e. The minimum atomic E-state index is -0.322. The molecular weight excluding hydrogens is 270 g/mol. The van der Waals surface area contributed by atoms with Gasteiger partial charge in [-0.3, -0.25) is 0 Å². The molecule has 3 nitrogen and oxygen atoms in total. The fraction of sp³-hybridized carbons (Fsp3) is 0.750. The summed E-state index contributed by atoms with van der Waals surface area (Å²) in [5, 5.41) is 0. The molecule has 0 aromatic heterocycles. The molecular formula is C12H24BrNO2. The Kier molecular flexibility index (Phi) is 11.1. The average molecular weight is 294 g/mol. The van der Waals surface area contributed by atoms with Crippen molar-refractivity contribution in [3.8, 4) is 0 Å². The van der Waals surface area contributed by atoms with Gasteiger partial charge in [-0.15, -0.1) is 0 Å². The van der Waals surface area contributed by atoms with Gasteiger partial charge < -0.3 is 26.2 Å². The summed E-state index contributed by atoms with van der Waals surface area (Å²) in [6.07, 6.45) is 2.14. The first-order chi connectivity index (χ1) is 7.14. The SMILES string of the molecule is C=CC(=O)OCCC[N+](CC)(CC)CC.[Br-]. The van der Waals surface area contributed by atoms with E-state index in [1.807, 2.05) is 0 Å². The molecule has 0 heterocycles. The molecule has 0 bridgehead atoms. The van der Waals surface area contributed by atoms with E-state index in [2.05, 4.69) is 27.4 Å². The first-order valence-electron chi connectivity index (χ1n) is 5.78. The Bertz CT molecular complexity index is 195. The Hall–Kier alpha value is -0.350. The maximum atomic E-state index is 10.8. The van der Waals surface area contributed by atoms with E-state index in [0.717, 1.165) is 37.1 Å². The predicted octanol–water partition coefficient (Wildman–Crippen LogP) is -1.01. The van der Waals surface area contributed by atoms with Gasteiger partial charge in [0.1, 0.15) is 0 Å². The van der Waals surface area contributed by atoms with Crippen LogP contribution in [-0.4, -0.2) is 43.2 Å². The highest BCUT2D eigenvalue weighted by atomic mass is 79.9. The number of esters is 1. The van der Waals surface area contributed by atoms with Gasteiger partial charge in [-0.1, -0.05) is 6.58 Å². The smallest absolute Gasteiger partial charge is 0.330 e. The third kappa shape index (κ3) is 6.28. The fourth-order valence-electron chi connectivity index (χ4n) is 1.78. The molecule has 0 aromatic carbocycles. The molecule has 4 heteroatoms. The Morgan fingerprint density at radius 3 is 2.12 bits per heavy atom. The molecule has 16 heavy (non-hydrogen) atoms. The summed E-state index contributed by atoms with van der Waals surface area (Å²) in [5.41, 5.74) is 0. The van der Waals surface area contributed by atoms with Crippen LogP contribution in [0.25, 0.3) is 0 Å². The summed E-state index contributed by atoms with van der Waals surface area (Å²) in [7, 11) is 0. The lowest BCUT2D eigenvalue weighted by molar-refractivity contribution is -0.923. The topological polar surface area (TPSA) is 26.3 Å². The van der Waals surface area contributed by atoms with Gasteiger partial charge in [-0.25, -0.2) is 4.79 Å². The maximum absolute atomic E-state index is 10.8. The van der Waals surface area contributed by atoms with Crippen molar-refractivity contribution < 1.29 is 31.0 Å². The first-order valence-corrected chi connectivity index (χ1v) is 5.78. The summed E-state index contributed by atoms with van der Waals surface area (Å²) in [5.74, 6) is -0.322. The van der Waals surface area contributed by atoms with Crippen molar-refractivity contribution in [2.24, 2.45) is 0 Å². The summed E-state index contributed by atoms with van der Waals surface area (Å²) >= 11 is 0. The van der Waals surface area contributed by atoms with Crippen molar-refractivity contribution in [1.29, 1.82) is 0 Å². The highest BCUT2D eigenvalue weighted by molar-refractivity contribution is 5.81. The zero-order valence-corrected chi connectivity index (χ0v) is 12.3. The van der Waals surface area contributed by atoms with Gasteiger partial charge in [0.05, 0.1) is 32.8 Å². The van der Waals surface area contributed by atoms with E-state index in [4.69, 9.17) is 4.74 Å². The summed E-state index contributed by atoms with van der Waals surface area (Å²) < 4.78 is 6.06. The van der Waals surface area contributed by atoms with Gasteiger partial charge in [0.25, 0.3) is 0 Å². The predicted molar refractivity (Wildman–Crippen MR) is 62.5 cm³/mol. The number of halogens is 1. The number of ether oxygens (including phenoxy) is 1. The molecule has 0 spiro atoms. The number of carbonyl (C=O) groups is 1. The van der Waals surface area contributed by atoms with Crippen LogP contribution >= 0.6 is 0 Å². The number of rotatable bonds is 8. The zero-order valence-electron chi connectivity index (χ0n) is 10.7. The molecule has 0 amide bonds. The lowest BCUT2D eigenvalue weighted by Gasteiger charge is -2.35. The Labute approximate surface area is 110 Å². The molecule has 0 saturated heterocycles. The molecule has 0 atom stereocenters. The van der Waals surface area contributed by atoms with E-state index in [1.54, 1.807) is 0 Å². The third-order valence-corrected chi connectivity index (χ3v) is 3.20. The number of hydrogen-bond donors (Lipinski definition) is 0. The number of nitrogens with zero attached hydrogens (tertiary/aromatic N) is 1. The molecule has 0 N–H and O–H groups in total. The van der Waals surface area contributed by atoms with Gasteiger partial charge in [0.2, 0.25) is 0 Å². The van der Waals surface area contributed by atoms with E-state index in [9.17, 15) is 4.79 Å².